The fourth-order valence-electron chi connectivity index (χ4n) is 6.89. The molecule has 6 rings (SSSR count). The topological polar surface area (TPSA) is 15.7 Å². The number of anilines is 2. The molecule has 5 heteroatoms. The molecule has 0 radical (unpaired) electrons. The van der Waals surface area contributed by atoms with Gasteiger partial charge in [-0.05, 0) is 67.3 Å². The average molecular weight is 520 g/mol. The molecule has 0 N–H and O–H groups in total. The summed E-state index contributed by atoms with van der Waals surface area (Å²) in [5.74, 6) is 0.710. The van der Waals surface area contributed by atoms with Crippen molar-refractivity contribution in [2.24, 2.45) is 0 Å². The van der Waals surface area contributed by atoms with Gasteiger partial charge in [0.2, 0.25) is 5.72 Å². The van der Waals surface area contributed by atoms with Crippen LogP contribution in [0.4, 0.5) is 11.4 Å². The van der Waals surface area contributed by atoms with E-state index >= 15 is 0 Å². The Morgan fingerprint density at radius 2 is 1.50 bits per heavy atom. The van der Waals surface area contributed by atoms with Gasteiger partial charge in [-0.2, -0.15) is 0 Å². The minimum atomic E-state index is -0.718. The largest absolute Gasteiger partial charge is 0.461 e. The second kappa shape index (κ2) is 7.69. The minimum absolute atomic E-state index is 0.0275. The predicted molar refractivity (Wildman–Crippen MR) is 152 cm³/mol. The van der Waals surface area contributed by atoms with Crippen molar-refractivity contribution >= 4 is 40.1 Å². The highest BCUT2D eigenvalue weighted by atomic mass is 35.5. The maximum Gasteiger partial charge on any atom is 0.212 e. The maximum absolute atomic E-state index is 6.96. The van der Waals surface area contributed by atoms with Crippen molar-refractivity contribution in [3.05, 3.63) is 93.5 Å². The maximum atomic E-state index is 6.96. The number of halogens is 2. The van der Waals surface area contributed by atoms with Gasteiger partial charge in [0.25, 0.3) is 0 Å². The molecule has 0 fully saturated rings. The van der Waals surface area contributed by atoms with E-state index in [1.165, 1.54) is 28.1 Å². The van der Waals surface area contributed by atoms with Gasteiger partial charge < -0.3 is 14.5 Å². The van der Waals surface area contributed by atoms with Gasteiger partial charge in [-0.15, -0.1) is 0 Å². The van der Waals surface area contributed by atoms with Crippen LogP contribution in [0.1, 0.15) is 50.8 Å². The summed E-state index contributed by atoms with van der Waals surface area (Å²) < 4.78 is 6.96. The molecule has 3 aromatic rings. The molecule has 2 atom stereocenters. The monoisotopic (exact) mass is 518 g/mol. The highest BCUT2D eigenvalue weighted by Gasteiger charge is 2.59. The molecule has 36 heavy (non-hydrogen) atoms. The van der Waals surface area contributed by atoms with Crippen LogP contribution in [0.15, 0.2) is 66.7 Å². The zero-order chi connectivity index (χ0) is 25.6. The molecule has 0 amide bonds. The number of benzene rings is 3. The van der Waals surface area contributed by atoms with E-state index < -0.39 is 5.72 Å². The lowest BCUT2D eigenvalue weighted by Crippen LogP contribution is -2.58. The molecule has 1 spiro atoms. The van der Waals surface area contributed by atoms with Gasteiger partial charge in [-0.1, -0.05) is 73.4 Å². The van der Waals surface area contributed by atoms with Crippen LogP contribution in [-0.4, -0.2) is 25.9 Å². The molecule has 0 saturated carbocycles. The van der Waals surface area contributed by atoms with Crippen LogP contribution in [-0.2, 0) is 10.8 Å². The summed E-state index contributed by atoms with van der Waals surface area (Å²) in [5.41, 5.74) is 6.26. The molecule has 0 saturated heterocycles. The third kappa shape index (κ3) is 2.99. The molecule has 3 aliphatic heterocycles. The number of hydrogen-bond donors (Lipinski definition) is 0. The summed E-state index contributed by atoms with van der Waals surface area (Å²) in [5, 5.41) is 1.17. The lowest BCUT2D eigenvalue weighted by molar-refractivity contribution is 0.0572. The first-order valence-corrected chi connectivity index (χ1v) is 13.3. The first kappa shape index (κ1) is 23.8. The van der Waals surface area contributed by atoms with Crippen molar-refractivity contribution in [1.29, 1.82) is 0 Å². The SMILES string of the molecule is CN1c2ccccc2C(C)(C)C1CC1=CC2(Oc3c(Cl)cc(Cl)cc31)N(C)c1ccccc1C2(C)C. The number of rotatable bonds is 2. The summed E-state index contributed by atoms with van der Waals surface area (Å²) in [7, 11) is 4.33. The highest BCUT2D eigenvalue weighted by molar-refractivity contribution is 6.36. The summed E-state index contributed by atoms with van der Waals surface area (Å²) in [4.78, 5) is 4.71. The van der Waals surface area contributed by atoms with Crippen LogP contribution in [0, 0.1) is 0 Å². The van der Waals surface area contributed by atoms with Gasteiger partial charge >= 0.3 is 0 Å². The Hall–Kier alpha value is -2.62. The van der Waals surface area contributed by atoms with E-state index in [1.807, 2.05) is 6.07 Å². The van der Waals surface area contributed by atoms with Gasteiger partial charge in [-0.3, -0.25) is 0 Å². The molecular weight excluding hydrogens is 487 g/mol. The fourth-order valence-corrected chi connectivity index (χ4v) is 7.42. The summed E-state index contributed by atoms with van der Waals surface area (Å²) in [6.07, 6.45) is 3.18. The van der Waals surface area contributed by atoms with Crippen LogP contribution in [0.3, 0.4) is 0 Å². The number of fused-ring (bicyclic) bond motifs is 3. The van der Waals surface area contributed by atoms with Gasteiger partial charge in [0.05, 0.1) is 10.4 Å². The third-order valence-corrected chi connectivity index (χ3v) is 9.51. The smallest absolute Gasteiger partial charge is 0.212 e. The molecule has 3 aromatic carbocycles. The Bertz CT molecular complexity index is 1430. The van der Waals surface area contributed by atoms with Crippen molar-refractivity contribution in [3.63, 3.8) is 0 Å². The average Bonchev–Trinajstić information content (AvgIpc) is 3.13. The quantitative estimate of drug-likeness (QED) is 0.340. The molecule has 2 unspecified atom stereocenters. The Labute approximate surface area is 224 Å². The van der Waals surface area contributed by atoms with Crippen LogP contribution in [0.5, 0.6) is 5.75 Å². The number of ether oxygens (including phenoxy) is 1. The van der Waals surface area contributed by atoms with Gasteiger partial charge in [-0.25, -0.2) is 0 Å². The van der Waals surface area contributed by atoms with Crippen LogP contribution in [0.25, 0.3) is 5.57 Å². The minimum Gasteiger partial charge on any atom is -0.461 e. The van der Waals surface area contributed by atoms with Crippen molar-refractivity contribution < 1.29 is 4.74 Å². The zero-order valence-corrected chi connectivity index (χ0v) is 23.2. The van der Waals surface area contributed by atoms with E-state index in [1.54, 1.807) is 6.07 Å². The van der Waals surface area contributed by atoms with Crippen molar-refractivity contribution in [3.8, 4) is 5.75 Å². The Morgan fingerprint density at radius 1 is 0.861 bits per heavy atom. The second-order valence-electron chi connectivity index (χ2n) is 11.5. The lowest BCUT2D eigenvalue weighted by Gasteiger charge is -2.47. The summed E-state index contributed by atoms with van der Waals surface area (Å²) >= 11 is 13.4. The number of likely N-dealkylation sites (N-methyl/N-ethyl adjacent to an activating group) is 2. The fraction of sp³-hybridized carbons (Fsp3) is 0.355. The van der Waals surface area contributed by atoms with E-state index in [2.05, 4.69) is 106 Å². The van der Waals surface area contributed by atoms with E-state index in [-0.39, 0.29) is 16.9 Å². The van der Waals surface area contributed by atoms with Crippen LogP contribution in [0.2, 0.25) is 10.0 Å². The number of para-hydroxylation sites is 2. The summed E-state index contributed by atoms with van der Waals surface area (Å²) in [6.45, 7) is 9.23. The Kier molecular flexibility index (Phi) is 5.08. The van der Waals surface area contributed by atoms with Crippen molar-refractivity contribution in [2.45, 2.75) is 56.7 Å². The second-order valence-corrected chi connectivity index (χ2v) is 12.3. The highest BCUT2D eigenvalue weighted by Crippen LogP contribution is 2.58. The van der Waals surface area contributed by atoms with E-state index in [4.69, 9.17) is 27.9 Å². The van der Waals surface area contributed by atoms with E-state index in [0.717, 1.165) is 12.0 Å². The van der Waals surface area contributed by atoms with Gasteiger partial charge in [0.15, 0.2) is 0 Å². The molecular formula is C31H32Cl2N2O. The molecule has 0 bridgehead atoms. The van der Waals surface area contributed by atoms with E-state index in [9.17, 15) is 0 Å². The van der Waals surface area contributed by atoms with Crippen molar-refractivity contribution in [1.82, 2.24) is 0 Å². The predicted octanol–water partition coefficient (Wildman–Crippen LogP) is 8.08. The standard InChI is InChI=1S/C31H32Cl2N2O/c1-29(2)22-11-7-9-13-25(22)34(5)27(29)15-19-18-31(36-28-21(19)16-20(32)17-24(28)33)30(3,4)23-12-8-10-14-26(23)35(31)6/h7-14,16-18,27H,15H2,1-6H3. The lowest BCUT2D eigenvalue weighted by atomic mass is 9.73. The van der Waals surface area contributed by atoms with E-state index in [0.29, 0.717) is 15.8 Å². The molecule has 3 heterocycles. The summed E-state index contributed by atoms with van der Waals surface area (Å²) in [6, 6.07) is 21.4. The van der Waals surface area contributed by atoms with Gasteiger partial charge in [0, 0.05) is 47.5 Å². The third-order valence-electron chi connectivity index (χ3n) is 9.01. The zero-order valence-electron chi connectivity index (χ0n) is 21.7. The first-order chi connectivity index (χ1) is 17.0. The normalized spacial score (nSPS) is 24.8. The molecule has 0 aromatic heterocycles. The first-order valence-electron chi connectivity index (χ1n) is 12.5. The molecule has 3 aliphatic rings. The molecule has 3 nitrogen and oxygen atoms in total. The Balaban J connectivity index is 1.54. The molecule has 0 aliphatic carbocycles. The van der Waals surface area contributed by atoms with Gasteiger partial charge in [0.1, 0.15) is 5.75 Å². The van der Waals surface area contributed by atoms with Crippen molar-refractivity contribution in [2.75, 3.05) is 23.9 Å². The Morgan fingerprint density at radius 3 is 2.17 bits per heavy atom. The number of nitrogens with zero attached hydrogens (tertiary/aromatic N) is 2. The molecule has 186 valence electrons. The van der Waals surface area contributed by atoms with Crippen LogP contribution < -0.4 is 14.5 Å². The van der Waals surface area contributed by atoms with Crippen LogP contribution >= 0.6 is 23.2 Å². The number of hydrogen-bond acceptors (Lipinski definition) is 3.